The van der Waals surface area contributed by atoms with Crippen molar-refractivity contribution in [2.45, 2.75) is 19.0 Å². The Morgan fingerprint density at radius 1 is 1.19 bits per heavy atom. The Labute approximate surface area is 152 Å². The second-order valence-electron chi connectivity index (χ2n) is 5.42. The average molecular weight is 374 g/mol. The van der Waals surface area contributed by atoms with E-state index in [0.29, 0.717) is 10.9 Å². The summed E-state index contributed by atoms with van der Waals surface area (Å²) in [7, 11) is 0. The summed E-state index contributed by atoms with van der Waals surface area (Å²) in [6, 6.07) is 7.37. The molecule has 2 amide bonds. The molecule has 0 fully saturated rings. The van der Waals surface area contributed by atoms with Crippen LogP contribution in [0.25, 0.3) is 5.78 Å². The largest absolute Gasteiger partial charge is 0.272 e. The molecular weight excluding hydrogens is 359 g/mol. The van der Waals surface area contributed by atoms with E-state index in [1.165, 1.54) is 24.3 Å². The van der Waals surface area contributed by atoms with Crippen LogP contribution in [-0.4, -0.2) is 37.1 Å². The molecule has 10 heteroatoms. The fraction of sp³-hybridized carbons (Fsp3) is 0.188. The van der Waals surface area contributed by atoms with Crippen LogP contribution >= 0.6 is 11.8 Å². The normalized spacial score (nSPS) is 10.7. The molecular formula is C16H15FN6O2S. The van der Waals surface area contributed by atoms with Crippen molar-refractivity contribution in [3.8, 4) is 0 Å². The van der Waals surface area contributed by atoms with Crippen LogP contribution < -0.4 is 10.9 Å². The molecule has 134 valence electrons. The minimum absolute atomic E-state index is 0.0214. The number of carbonyl (C=O) groups is 2. The first-order chi connectivity index (χ1) is 12.4. The van der Waals surface area contributed by atoms with Crippen LogP contribution in [0.2, 0.25) is 0 Å². The number of halogens is 1. The van der Waals surface area contributed by atoms with E-state index in [4.69, 9.17) is 0 Å². The monoisotopic (exact) mass is 374 g/mol. The maximum Gasteiger partial charge on any atom is 0.272 e. The number of hydrogen-bond acceptors (Lipinski definition) is 6. The van der Waals surface area contributed by atoms with Gasteiger partial charge in [0.15, 0.2) is 0 Å². The van der Waals surface area contributed by atoms with E-state index in [1.54, 1.807) is 4.52 Å². The minimum Gasteiger partial charge on any atom is -0.272 e. The van der Waals surface area contributed by atoms with E-state index < -0.39 is 17.6 Å². The van der Waals surface area contributed by atoms with Gasteiger partial charge in [0.2, 0.25) is 11.1 Å². The second kappa shape index (κ2) is 7.48. The van der Waals surface area contributed by atoms with Gasteiger partial charge in [-0.1, -0.05) is 23.9 Å². The number of nitrogens with zero attached hydrogens (tertiary/aromatic N) is 4. The van der Waals surface area contributed by atoms with Crippen LogP contribution in [0.15, 0.2) is 35.5 Å². The van der Waals surface area contributed by atoms with Gasteiger partial charge in [-0.3, -0.25) is 20.4 Å². The van der Waals surface area contributed by atoms with Crippen molar-refractivity contribution < 1.29 is 14.0 Å². The lowest BCUT2D eigenvalue weighted by molar-refractivity contribution is -0.119. The quantitative estimate of drug-likeness (QED) is 0.529. The molecule has 0 bridgehead atoms. The van der Waals surface area contributed by atoms with Gasteiger partial charge >= 0.3 is 0 Å². The first kappa shape index (κ1) is 17.8. The van der Waals surface area contributed by atoms with Gasteiger partial charge in [0.1, 0.15) is 5.82 Å². The van der Waals surface area contributed by atoms with Crippen LogP contribution in [0, 0.1) is 19.7 Å². The highest BCUT2D eigenvalue weighted by Crippen LogP contribution is 2.15. The van der Waals surface area contributed by atoms with Gasteiger partial charge in [-0.05, 0) is 32.0 Å². The summed E-state index contributed by atoms with van der Waals surface area (Å²) >= 11 is 1.10. The van der Waals surface area contributed by atoms with Crippen molar-refractivity contribution in [1.29, 1.82) is 0 Å². The van der Waals surface area contributed by atoms with Crippen LogP contribution in [0.4, 0.5) is 4.39 Å². The number of hydrogen-bond donors (Lipinski definition) is 2. The fourth-order valence-electron chi connectivity index (χ4n) is 2.21. The van der Waals surface area contributed by atoms with Gasteiger partial charge in [-0.15, -0.1) is 5.10 Å². The highest BCUT2D eigenvalue weighted by atomic mass is 32.2. The maximum absolute atomic E-state index is 13.5. The number of benzene rings is 1. The van der Waals surface area contributed by atoms with Crippen LogP contribution in [0.5, 0.6) is 0 Å². The molecule has 2 heterocycles. The lowest BCUT2D eigenvalue weighted by atomic mass is 10.2. The highest BCUT2D eigenvalue weighted by Gasteiger charge is 2.13. The predicted molar refractivity (Wildman–Crippen MR) is 93.0 cm³/mol. The third kappa shape index (κ3) is 3.97. The first-order valence-corrected chi connectivity index (χ1v) is 8.60. The molecule has 26 heavy (non-hydrogen) atoms. The number of thioether (sulfide) groups is 1. The van der Waals surface area contributed by atoms with Crippen molar-refractivity contribution in [2.75, 3.05) is 5.75 Å². The molecule has 0 aliphatic carbocycles. The zero-order chi connectivity index (χ0) is 18.7. The molecule has 0 aliphatic rings. The van der Waals surface area contributed by atoms with Gasteiger partial charge in [-0.25, -0.2) is 13.9 Å². The molecule has 0 unspecified atom stereocenters. The standard InChI is InChI=1S/C16H15FN6O2S/c1-9-7-10(2)23-15(18-9)19-16(22-23)26-8-13(24)20-21-14(25)11-5-3-4-6-12(11)17/h3-7H,8H2,1-2H3,(H,20,24)(H,21,25). The molecule has 0 saturated carbocycles. The Kier molecular flexibility index (Phi) is 5.12. The summed E-state index contributed by atoms with van der Waals surface area (Å²) in [4.78, 5) is 32.2. The molecule has 3 aromatic rings. The number of carbonyl (C=O) groups excluding carboxylic acids is 2. The molecule has 0 spiro atoms. The van der Waals surface area contributed by atoms with E-state index in [0.717, 1.165) is 23.1 Å². The second-order valence-corrected chi connectivity index (χ2v) is 6.36. The molecule has 8 nitrogen and oxygen atoms in total. The molecule has 2 aromatic heterocycles. The zero-order valence-corrected chi connectivity index (χ0v) is 14.8. The summed E-state index contributed by atoms with van der Waals surface area (Å²) in [5.74, 6) is -1.44. The molecule has 0 aliphatic heterocycles. The first-order valence-electron chi connectivity index (χ1n) is 7.61. The van der Waals surface area contributed by atoms with E-state index in [2.05, 4.69) is 25.9 Å². The summed E-state index contributed by atoms with van der Waals surface area (Å²) < 4.78 is 15.1. The Hall–Kier alpha value is -3.01. The van der Waals surface area contributed by atoms with Crippen molar-refractivity contribution in [2.24, 2.45) is 0 Å². The molecule has 1 aromatic carbocycles. The number of aromatic nitrogens is 4. The Balaban J connectivity index is 1.55. The number of fused-ring (bicyclic) bond motifs is 1. The van der Waals surface area contributed by atoms with Gasteiger partial charge < -0.3 is 0 Å². The van der Waals surface area contributed by atoms with Gasteiger partial charge in [0.25, 0.3) is 11.7 Å². The van der Waals surface area contributed by atoms with Gasteiger partial charge in [-0.2, -0.15) is 4.98 Å². The van der Waals surface area contributed by atoms with Crippen LogP contribution in [-0.2, 0) is 4.79 Å². The Morgan fingerprint density at radius 2 is 1.96 bits per heavy atom. The smallest absolute Gasteiger partial charge is 0.272 e. The van der Waals surface area contributed by atoms with Crippen molar-refractivity contribution in [3.63, 3.8) is 0 Å². The summed E-state index contributed by atoms with van der Waals surface area (Å²) in [6.45, 7) is 3.75. The molecule has 2 N–H and O–H groups in total. The third-order valence-corrected chi connectivity index (χ3v) is 4.20. The summed E-state index contributed by atoms with van der Waals surface area (Å²) in [5.41, 5.74) is 5.95. The lowest BCUT2D eigenvalue weighted by Gasteiger charge is -2.07. The number of rotatable bonds is 4. The van der Waals surface area contributed by atoms with E-state index >= 15 is 0 Å². The third-order valence-electron chi connectivity index (χ3n) is 3.37. The maximum atomic E-state index is 13.5. The predicted octanol–water partition coefficient (Wildman–Crippen LogP) is 1.43. The minimum atomic E-state index is -0.734. The summed E-state index contributed by atoms with van der Waals surface area (Å²) in [6.07, 6.45) is 0. The van der Waals surface area contributed by atoms with Crippen molar-refractivity contribution in [1.82, 2.24) is 30.4 Å². The topological polar surface area (TPSA) is 101 Å². The lowest BCUT2D eigenvalue weighted by Crippen LogP contribution is -2.42. The van der Waals surface area contributed by atoms with Crippen molar-refractivity contribution in [3.05, 3.63) is 53.1 Å². The number of aryl methyl sites for hydroxylation is 2. The van der Waals surface area contributed by atoms with Crippen LogP contribution in [0.1, 0.15) is 21.7 Å². The number of amides is 2. The summed E-state index contributed by atoms with van der Waals surface area (Å²) in [5, 5.41) is 4.66. The number of nitrogens with one attached hydrogen (secondary N) is 2. The van der Waals surface area contributed by atoms with Crippen LogP contribution in [0.3, 0.4) is 0 Å². The Morgan fingerprint density at radius 3 is 2.73 bits per heavy atom. The SMILES string of the molecule is Cc1cc(C)n2nc(SCC(=O)NNC(=O)c3ccccc3F)nc2n1. The molecule has 3 rings (SSSR count). The molecule has 0 radical (unpaired) electrons. The Bertz CT molecular complexity index is 990. The zero-order valence-electron chi connectivity index (χ0n) is 14.0. The fourth-order valence-corrected chi connectivity index (χ4v) is 2.83. The average Bonchev–Trinajstić information content (AvgIpc) is 3.01. The van der Waals surface area contributed by atoms with Gasteiger partial charge in [0.05, 0.1) is 11.3 Å². The molecule has 0 saturated heterocycles. The van der Waals surface area contributed by atoms with E-state index in [9.17, 15) is 14.0 Å². The number of hydrazine groups is 1. The molecule has 0 atom stereocenters. The highest BCUT2D eigenvalue weighted by molar-refractivity contribution is 7.99. The van der Waals surface area contributed by atoms with E-state index in [1.807, 2.05) is 19.9 Å². The van der Waals surface area contributed by atoms with Crippen molar-refractivity contribution >= 4 is 29.4 Å². The van der Waals surface area contributed by atoms with Gasteiger partial charge in [0, 0.05) is 11.4 Å². The van der Waals surface area contributed by atoms with E-state index in [-0.39, 0.29) is 11.3 Å².